The zero-order valence-electron chi connectivity index (χ0n) is 21.3. The maximum atomic E-state index is 12.7. The van der Waals surface area contributed by atoms with Gasteiger partial charge in [0.05, 0.1) is 19.6 Å². The third-order valence-electron chi connectivity index (χ3n) is 6.47. The lowest BCUT2D eigenvalue weighted by Gasteiger charge is -2.20. The van der Waals surface area contributed by atoms with Gasteiger partial charge in [0, 0.05) is 12.5 Å². The predicted octanol–water partition coefficient (Wildman–Crippen LogP) is 4.34. The Morgan fingerprint density at radius 3 is 2.13 bits per heavy atom. The number of amides is 2. The van der Waals surface area contributed by atoms with Crippen LogP contribution in [0.15, 0.2) is 78.9 Å². The summed E-state index contributed by atoms with van der Waals surface area (Å²) in [6.07, 6.45) is -1.40. The Morgan fingerprint density at radius 2 is 1.50 bits per heavy atom. The molecule has 3 aromatic rings. The highest BCUT2D eigenvalue weighted by Gasteiger charge is 2.30. The molecular formula is C30H32N2O6. The van der Waals surface area contributed by atoms with E-state index in [1.165, 1.54) is 0 Å². The van der Waals surface area contributed by atoms with Gasteiger partial charge in [0.2, 0.25) is 5.91 Å². The number of rotatable bonds is 12. The van der Waals surface area contributed by atoms with Crippen molar-refractivity contribution in [2.45, 2.75) is 31.9 Å². The van der Waals surface area contributed by atoms with Crippen molar-refractivity contribution in [1.82, 2.24) is 10.6 Å². The monoisotopic (exact) mass is 516 g/mol. The van der Waals surface area contributed by atoms with Gasteiger partial charge in [0.25, 0.3) is 0 Å². The van der Waals surface area contributed by atoms with Crippen LogP contribution < -0.4 is 10.6 Å². The molecule has 2 amide bonds. The van der Waals surface area contributed by atoms with Gasteiger partial charge in [-0.15, -0.1) is 0 Å². The number of fused-ring (bicyclic) bond motifs is 3. The Bertz CT molecular complexity index is 1220. The molecule has 8 heteroatoms. The van der Waals surface area contributed by atoms with E-state index >= 15 is 0 Å². The molecule has 1 aliphatic rings. The fourth-order valence-electron chi connectivity index (χ4n) is 4.58. The fraction of sp³-hybridized carbons (Fsp3) is 0.300. The van der Waals surface area contributed by atoms with Gasteiger partial charge in [0.1, 0.15) is 12.6 Å². The number of hydrogen-bond donors (Lipinski definition) is 3. The minimum absolute atomic E-state index is 0.0115. The van der Waals surface area contributed by atoms with Crippen molar-refractivity contribution in [2.75, 3.05) is 19.8 Å². The standard InChI is InChI=1S/C30H32N2O6/c1-20(17-37-18-21-9-3-2-4-10-21)16-31-29(35)27(15-28(33)34)32-30(36)38-19-26-24-13-7-5-11-22(24)23-12-6-8-14-25(23)26/h2-14,20,26-27H,15-19H2,1H3,(H,31,35)(H,32,36)(H,33,34). The highest BCUT2D eigenvalue weighted by atomic mass is 16.5. The summed E-state index contributed by atoms with van der Waals surface area (Å²) in [5, 5.41) is 14.4. The molecule has 198 valence electrons. The van der Waals surface area contributed by atoms with Crippen LogP contribution in [0.5, 0.6) is 0 Å². The second-order valence-electron chi connectivity index (χ2n) is 9.47. The molecule has 0 heterocycles. The molecule has 1 aliphatic carbocycles. The number of carbonyl (C=O) groups is 3. The minimum atomic E-state index is -1.26. The Labute approximate surface area is 222 Å². The van der Waals surface area contributed by atoms with E-state index in [9.17, 15) is 19.5 Å². The normalized spacial score (nSPS) is 13.6. The molecule has 0 radical (unpaired) electrons. The summed E-state index contributed by atoms with van der Waals surface area (Å²) in [4.78, 5) is 36.7. The highest BCUT2D eigenvalue weighted by Crippen LogP contribution is 2.44. The maximum Gasteiger partial charge on any atom is 0.407 e. The van der Waals surface area contributed by atoms with E-state index in [0.29, 0.717) is 13.2 Å². The van der Waals surface area contributed by atoms with E-state index < -0.39 is 30.4 Å². The highest BCUT2D eigenvalue weighted by molar-refractivity contribution is 5.89. The smallest absolute Gasteiger partial charge is 0.407 e. The lowest BCUT2D eigenvalue weighted by molar-refractivity contribution is -0.139. The minimum Gasteiger partial charge on any atom is -0.481 e. The number of hydrogen-bond acceptors (Lipinski definition) is 5. The molecule has 8 nitrogen and oxygen atoms in total. The van der Waals surface area contributed by atoms with Crippen LogP contribution >= 0.6 is 0 Å². The van der Waals surface area contributed by atoms with Gasteiger partial charge >= 0.3 is 12.1 Å². The largest absolute Gasteiger partial charge is 0.481 e. The van der Waals surface area contributed by atoms with Gasteiger partial charge in [-0.2, -0.15) is 0 Å². The first kappa shape index (κ1) is 26.9. The Hall–Kier alpha value is -4.17. The molecule has 0 spiro atoms. The molecule has 0 aliphatic heterocycles. The number of carboxylic acid groups (broad SMARTS) is 1. The predicted molar refractivity (Wildman–Crippen MR) is 143 cm³/mol. The van der Waals surface area contributed by atoms with E-state index in [0.717, 1.165) is 27.8 Å². The molecule has 4 rings (SSSR count). The lowest BCUT2D eigenvalue weighted by Crippen LogP contribution is -2.49. The van der Waals surface area contributed by atoms with Crippen molar-refractivity contribution in [3.63, 3.8) is 0 Å². The fourth-order valence-corrected chi connectivity index (χ4v) is 4.58. The van der Waals surface area contributed by atoms with E-state index in [4.69, 9.17) is 9.47 Å². The van der Waals surface area contributed by atoms with Gasteiger partial charge in [0.15, 0.2) is 0 Å². The van der Waals surface area contributed by atoms with Gasteiger partial charge in [-0.3, -0.25) is 9.59 Å². The SMILES string of the molecule is CC(CNC(=O)C(CC(=O)O)NC(=O)OCC1c2ccccc2-c2ccccc21)COCc1ccccc1. The number of aliphatic carboxylic acids is 1. The molecule has 3 N–H and O–H groups in total. The maximum absolute atomic E-state index is 12.7. The van der Waals surface area contributed by atoms with Gasteiger partial charge < -0.3 is 25.2 Å². The summed E-state index contributed by atoms with van der Waals surface area (Å²) >= 11 is 0. The van der Waals surface area contributed by atoms with Gasteiger partial charge in [-0.1, -0.05) is 85.8 Å². The molecule has 0 fully saturated rings. The number of carboxylic acids is 1. The van der Waals surface area contributed by atoms with Gasteiger partial charge in [-0.05, 0) is 33.7 Å². The molecule has 0 saturated carbocycles. The average Bonchev–Trinajstić information content (AvgIpc) is 3.24. The van der Waals surface area contributed by atoms with Crippen molar-refractivity contribution in [3.8, 4) is 11.1 Å². The summed E-state index contributed by atoms with van der Waals surface area (Å²) in [7, 11) is 0. The number of benzene rings is 3. The summed E-state index contributed by atoms with van der Waals surface area (Å²) in [6, 6.07) is 24.4. The number of alkyl carbamates (subject to hydrolysis) is 1. The van der Waals surface area contributed by atoms with Crippen LogP contribution in [0.2, 0.25) is 0 Å². The first-order chi connectivity index (χ1) is 18.4. The van der Waals surface area contributed by atoms with Crippen molar-refractivity contribution in [1.29, 1.82) is 0 Å². The summed E-state index contributed by atoms with van der Waals surface area (Å²) in [5.41, 5.74) is 5.37. The van der Waals surface area contributed by atoms with Crippen LogP contribution in [0.25, 0.3) is 11.1 Å². The number of ether oxygens (including phenoxy) is 2. The zero-order chi connectivity index (χ0) is 26.9. The van der Waals surface area contributed by atoms with Crippen molar-refractivity contribution in [3.05, 3.63) is 95.6 Å². The third kappa shape index (κ3) is 6.98. The molecular weight excluding hydrogens is 484 g/mol. The third-order valence-corrected chi connectivity index (χ3v) is 6.47. The summed E-state index contributed by atoms with van der Waals surface area (Å²) in [6.45, 7) is 3.13. The first-order valence-corrected chi connectivity index (χ1v) is 12.6. The van der Waals surface area contributed by atoms with Crippen LogP contribution in [-0.2, 0) is 25.7 Å². The Morgan fingerprint density at radius 1 is 0.895 bits per heavy atom. The molecule has 0 aromatic heterocycles. The lowest BCUT2D eigenvalue weighted by atomic mass is 9.98. The van der Waals surface area contributed by atoms with E-state index in [2.05, 4.69) is 10.6 Å². The molecule has 3 aromatic carbocycles. The van der Waals surface area contributed by atoms with Crippen LogP contribution in [0.3, 0.4) is 0 Å². The summed E-state index contributed by atoms with van der Waals surface area (Å²) < 4.78 is 11.2. The average molecular weight is 517 g/mol. The topological polar surface area (TPSA) is 114 Å². The summed E-state index contributed by atoms with van der Waals surface area (Å²) in [5.74, 6) is -1.95. The Balaban J connectivity index is 1.27. The van der Waals surface area contributed by atoms with Crippen LogP contribution in [0.1, 0.15) is 36.0 Å². The molecule has 2 unspecified atom stereocenters. The first-order valence-electron chi connectivity index (χ1n) is 12.6. The van der Waals surface area contributed by atoms with E-state index in [-0.39, 0.29) is 25.0 Å². The van der Waals surface area contributed by atoms with E-state index in [1.54, 1.807) is 0 Å². The van der Waals surface area contributed by atoms with Crippen molar-refractivity contribution >= 4 is 18.0 Å². The van der Waals surface area contributed by atoms with Crippen LogP contribution in [0.4, 0.5) is 4.79 Å². The molecule has 0 bridgehead atoms. The molecule has 2 atom stereocenters. The second kappa shape index (κ2) is 12.9. The number of nitrogens with one attached hydrogen (secondary N) is 2. The zero-order valence-corrected chi connectivity index (χ0v) is 21.3. The van der Waals surface area contributed by atoms with Crippen LogP contribution in [-0.4, -0.2) is 48.9 Å². The van der Waals surface area contributed by atoms with Gasteiger partial charge in [-0.25, -0.2) is 4.79 Å². The molecule has 0 saturated heterocycles. The second-order valence-corrected chi connectivity index (χ2v) is 9.47. The van der Waals surface area contributed by atoms with Crippen molar-refractivity contribution < 1.29 is 29.0 Å². The van der Waals surface area contributed by atoms with Crippen molar-refractivity contribution in [2.24, 2.45) is 5.92 Å². The van der Waals surface area contributed by atoms with E-state index in [1.807, 2.05) is 85.8 Å². The number of carbonyl (C=O) groups excluding carboxylic acids is 2. The van der Waals surface area contributed by atoms with Crippen LogP contribution in [0, 0.1) is 5.92 Å². The molecule has 38 heavy (non-hydrogen) atoms. The quantitative estimate of drug-likeness (QED) is 0.330. The Kier molecular flexibility index (Phi) is 9.11.